The highest BCUT2D eigenvalue weighted by Gasteiger charge is 2.30. The van der Waals surface area contributed by atoms with E-state index in [9.17, 15) is 9.59 Å². The average Bonchev–Trinajstić information content (AvgIpc) is 2.45. The fraction of sp³-hybridized carbons (Fsp3) is 0.286. The molecule has 90 valence electrons. The van der Waals surface area contributed by atoms with Gasteiger partial charge < -0.3 is 0 Å². The first-order chi connectivity index (χ1) is 8.77. The van der Waals surface area contributed by atoms with Crippen LogP contribution in [0.1, 0.15) is 24.9 Å². The zero-order chi connectivity index (χ0) is 12.3. The molecule has 2 aromatic rings. The molecule has 1 aliphatic carbocycles. The summed E-state index contributed by atoms with van der Waals surface area (Å²) in [6.07, 6.45) is 5.98. The lowest BCUT2D eigenvalue weighted by molar-refractivity contribution is 0.249. The molecule has 3 heterocycles. The first-order valence-electron chi connectivity index (χ1n) is 6.22. The number of hydrogen-bond acceptors (Lipinski definition) is 2. The maximum absolute atomic E-state index is 12.5. The third-order valence-corrected chi connectivity index (χ3v) is 3.98. The van der Waals surface area contributed by atoms with Crippen LogP contribution in [0, 0.1) is 0 Å². The van der Waals surface area contributed by atoms with Gasteiger partial charge in [0.25, 0.3) is 11.1 Å². The second-order valence-corrected chi connectivity index (χ2v) is 4.94. The summed E-state index contributed by atoms with van der Waals surface area (Å²) in [5, 5.41) is 1.06. The molecule has 0 radical (unpaired) electrons. The fourth-order valence-corrected chi connectivity index (χ4v) is 3.12. The number of allylic oxidation sites excluding steroid dienone is 2. The monoisotopic (exact) mass is 240 g/mol. The second-order valence-electron chi connectivity index (χ2n) is 4.94. The van der Waals surface area contributed by atoms with Crippen LogP contribution in [0.4, 0.5) is 0 Å². The lowest BCUT2D eigenvalue weighted by Crippen LogP contribution is -2.46. The Bertz CT molecular complexity index is 731. The van der Waals surface area contributed by atoms with E-state index in [-0.39, 0.29) is 23.2 Å². The maximum Gasteiger partial charge on any atom is 0.273 e. The summed E-state index contributed by atoms with van der Waals surface area (Å²) in [6, 6.07) is 7.16. The molecule has 5 rings (SSSR count). The predicted octanol–water partition coefficient (Wildman–Crippen LogP) is 1.61. The van der Waals surface area contributed by atoms with Gasteiger partial charge >= 0.3 is 0 Å². The summed E-state index contributed by atoms with van der Waals surface area (Å²) in [5.74, 6) is 0. The summed E-state index contributed by atoms with van der Waals surface area (Å²) in [5.41, 5.74) is -0.103. The van der Waals surface area contributed by atoms with Crippen LogP contribution in [-0.2, 0) is 0 Å². The molecular weight excluding hydrogens is 228 g/mol. The lowest BCUT2D eigenvalue weighted by atomic mass is 9.95. The van der Waals surface area contributed by atoms with Crippen molar-refractivity contribution in [2.45, 2.75) is 24.9 Å². The molecule has 0 spiro atoms. The number of fused-ring (bicyclic) bond motifs is 2. The summed E-state index contributed by atoms with van der Waals surface area (Å²) >= 11 is 0. The number of nitrogens with zero attached hydrogens (tertiary/aromatic N) is 2. The van der Waals surface area contributed by atoms with Gasteiger partial charge in [-0.1, -0.05) is 24.3 Å². The van der Waals surface area contributed by atoms with Gasteiger partial charge in [0.15, 0.2) is 0 Å². The van der Waals surface area contributed by atoms with Crippen molar-refractivity contribution in [3.63, 3.8) is 0 Å². The predicted molar refractivity (Wildman–Crippen MR) is 68.9 cm³/mol. The standard InChI is InChI=1S/C14H12N2O2/c17-13-11-3-1-2-4-12(11)14(18)16-10-7-5-9(6-8-10)15(13)16/h1-5,7,9-10H,6,8H2. The quantitative estimate of drug-likeness (QED) is 0.657. The Kier molecular flexibility index (Phi) is 1.77. The minimum absolute atomic E-state index is 0.0415. The van der Waals surface area contributed by atoms with Gasteiger partial charge in [0.05, 0.1) is 22.9 Å². The van der Waals surface area contributed by atoms with E-state index in [0.717, 1.165) is 12.8 Å². The molecule has 2 aliphatic heterocycles. The van der Waals surface area contributed by atoms with Crippen LogP contribution in [0.15, 0.2) is 46.0 Å². The summed E-state index contributed by atoms with van der Waals surface area (Å²) in [7, 11) is 0. The van der Waals surface area contributed by atoms with Gasteiger partial charge in [-0.05, 0) is 25.0 Å². The smallest absolute Gasteiger partial charge is 0.267 e. The molecule has 0 fully saturated rings. The zero-order valence-corrected chi connectivity index (χ0v) is 9.74. The van der Waals surface area contributed by atoms with E-state index >= 15 is 0 Å². The molecule has 0 amide bonds. The molecule has 0 saturated carbocycles. The number of hydrogen-bond donors (Lipinski definition) is 0. The van der Waals surface area contributed by atoms with Gasteiger partial charge in [0, 0.05) is 0 Å². The molecule has 0 saturated heterocycles. The minimum Gasteiger partial charge on any atom is -0.267 e. The zero-order valence-electron chi connectivity index (χ0n) is 9.74. The molecule has 1 aromatic carbocycles. The van der Waals surface area contributed by atoms with E-state index in [1.165, 1.54) is 0 Å². The minimum atomic E-state index is -0.0516. The van der Waals surface area contributed by atoms with Crippen molar-refractivity contribution in [1.29, 1.82) is 0 Å². The first-order valence-corrected chi connectivity index (χ1v) is 6.22. The van der Waals surface area contributed by atoms with Crippen molar-refractivity contribution in [2.75, 3.05) is 0 Å². The molecule has 2 unspecified atom stereocenters. The SMILES string of the molecule is O=c1c2ccccc2c(=O)n2n1C1C=CC2CC1. The van der Waals surface area contributed by atoms with E-state index in [2.05, 4.69) is 0 Å². The Morgan fingerprint density at radius 1 is 0.833 bits per heavy atom. The highest BCUT2D eigenvalue weighted by atomic mass is 16.2. The maximum atomic E-state index is 12.5. The molecule has 0 N–H and O–H groups in total. The number of aromatic nitrogens is 2. The molecular formula is C14H12N2O2. The Morgan fingerprint density at radius 2 is 1.28 bits per heavy atom. The highest BCUT2D eigenvalue weighted by molar-refractivity contribution is 5.80. The molecule has 4 heteroatoms. The molecule has 18 heavy (non-hydrogen) atoms. The Morgan fingerprint density at radius 3 is 1.67 bits per heavy atom. The van der Waals surface area contributed by atoms with Crippen LogP contribution in [0.3, 0.4) is 0 Å². The second kappa shape index (κ2) is 3.22. The molecule has 2 bridgehead atoms. The van der Waals surface area contributed by atoms with E-state index in [0.29, 0.717) is 10.8 Å². The van der Waals surface area contributed by atoms with Gasteiger partial charge in [-0.25, -0.2) is 9.36 Å². The van der Waals surface area contributed by atoms with Crippen molar-refractivity contribution in [2.24, 2.45) is 0 Å². The van der Waals surface area contributed by atoms with E-state index in [1.807, 2.05) is 12.2 Å². The van der Waals surface area contributed by atoms with Gasteiger partial charge in [-0.15, -0.1) is 0 Å². The van der Waals surface area contributed by atoms with Crippen LogP contribution >= 0.6 is 0 Å². The van der Waals surface area contributed by atoms with Crippen molar-refractivity contribution in [1.82, 2.24) is 9.36 Å². The van der Waals surface area contributed by atoms with Gasteiger partial charge in [0.1, 0.15) is 0 Å². The topological polar surface area (TPSA) is 44.0 Å². The third-order valence-electron chi connectivity index (χ3n) is 3.98. The van der Waals surface area contributed by atoms with Crippen molar-refractivity contribution >= 4 is 10.8 Å². The van der Waals surface area contributed by atoms with E-state index in [4.69, 9.17) is 0 Å². The van der Waals surface area contributed by atoms with Crippen LogP contribution in [-0.4, -0.2) is 9.36 Å². The normalized spacial score (nSPS) is 24.4. The van der Waals surface area contributed by atoms with E-state index in [1.54, 1.807) is 33.6 Å². The fourth-order valence-electron chi connectivity index (χ4n) is 3.12. The van der Waals surface area contributed by atoms with Crippen LogP contribution in [0.2, 0.25) is 0 Å². The molecule has 1 aromatic heterocycles. The van der Waals surface area contributed by atoms with Crippen LogP contribution in [0.5, 0.6) is 0 Å². The Balaban J connectivity index is 2.26. The largest absolute Gasteiger partial charge is 0.273 e. The summed E-state index contributed by atoms with van der Waals surface area (Å²) < 4.78 is 3.28. The highest BCUT2D eigenvalue weighted by Crippen LogP contribution is 2.33. The van der Waals surface area contributed by atoms with E-state index < -0.39 is 0 Å². The number of rotatable bonds is 0. The van der Waals surface area contributed by atoms with Gasteiger partial charge in [-0.2, -0.15) is 0 Å². The Hall–Kier alpha value is -2.10. The van der Waals surface area contributed by atoms with Gasteiger partial charge in [-0.3, -0.25) is 9.59 Å². The first kappa shape index (κ1) is 9.88. The Labute approximate surface area is 103 Å². The van der Waals surface area contributed by atoms with Crippen molar-refractivity contribution in [3.8, 4) is 0 Å². The molecule has 3 aliphatic rings. The lowest BCUT2D eigenvalue weighted by Gasteiger charge is -2.36. The molecule has 4 nitrogen and oxygen atoms in total. The number of benzene rings is 1. The van der Waals surface area contributed by atoms with Crippen LogP contribution < -0.4 is 11.1 Å². The summed E-state index contributed by atoms with van der Waals surface area (Å²) in [6.45, 7) is 0. The summed E-state index contributed by atoms with van der Waals surface area (Å²) in [4.78, 5) is 25.0. The third kappa shape index (κ3) is 1.05. The molecule has 2 atom stereocenters. The van der Waals surface area contributed by atoms with Gasteiger partial charge in [0.2, 0.25) is 0 Å². The average molecular weight is 240 g/mol. The van der Waals surface area contributed by atoms with Crippen LogP contribution in [0.25, 0.3) is 10.8 Å². The van der Waals surface area contributed by atoms with Crippen molar-refractivity contribution < 1.29 is 0 Å². The van der Waals surface area contributed by atoms with Crippen molar-refractivity contribution in [3.05, 3.63) is 57.1 Å².